The highest BCUT2D eigenvalue weighted by molar-refractivity contribution is 4.98. The van der Waals surface area contributed by atoms with Crippen LogP contribution in [0.3, 0.4) is 0 Å². The standard InChI is InChI=1S/C14H23N7/c1-14(2,3)21-12(15-10-18-21)8-20-7-5-4-6-11(20)13-16-9-17-19-13/h9-11H,4-8H2,1-3H3,(H,16,17,19). The van der Waals surface area contributed by atoms with Gasteiger partial charge in [0, 0.05) is 0 Å². The molecule has 0 spiro atoms. The van der Waals surface area contributed by atoms with Gasteiger partial charge in [0.05, 0.1) is 18.1 Å². The molecule has 3 heterocycles. The Hall–Kier alpha value is -1.76. The summed E-state index contributed by atoms with van der Waals surface area (Å²) in [6.07, 6.45) is 6.79. The van der Waals surface area contributed by atoms with E-state index in [4.69, 9.17) is 0 Å². The van der Waals surface area contributed by atoms with Crippen LogP contribution >= 0.6 is 0 Å². The molecule has 1 fully saturated rings. The molecule has 2 aromatic heterocycles. The fraction of sp³-hybridized carbons (Fsp3) is 0.714. The zero-order chi connectivity index (χ0) is 14.9. The fourth-order valence-electron chi connectivity index (χ4n) is 2.98. The van der Waals surface area contributed by atoms with E-state index in [2.05, 4.69) is 50.9 Å². The van der Waals surface area contributed by atoms with Crippen molar-refractivity contribution < 1.29 is 0 Å². The van der Waals surface area contributed by atoms with Gasteiger partial charge in [-0.1, -0.05) is 6.42 Å². The van der Waals surface area contributed by atoms with Crippen molar-refractivity contribution in [2.75, 3.05) is 6.54 Å². The minimum Gasteiger partial charge on any atom is -0.286 e. The van der Waals surface area contributed by atoms with Crippen LogP contribution in [0, 0.1) is 0 Å². The number of hydrogen-bond donors (Lipinski definition) is 1. The van der Waals surface area contributed by atoms with Crippen molar-refractivity contribution in [2.45, 2.75) is 58.2 Å². The van der Waals surface area contributed by atoms with Crippen LogP contribution in [-0.4, -0.2) is 41.4 Å². The molecule has 1 atom stereocenters. The molecule has 2 aromatic rings. The van der Waals surface area contributed by atoms with Crippen molar-refractivity contribution in [2.24, 2.45) is 0 Å². The van der Waals surface area contributed by atoms with E-state index in [0.29, 0.717) is 6.04 Å². The summed E-state index contributed by atoms with van der Waals surface area (Å²) in [4.78, 5) is 11.2. The molecule has 0 saturated carbocycles. The highest BCUT2D eigenvalue weighted by Gasteiger charge is 2.28. The largest absolute Gasteiger partial charge is 0.286 e. The summed E-state index contributed by atoms with van der Waals surface area (Å²) in [5.41, 5.74) is -0.0522. The molecule has 7 heteroatoms. The highest BCUT2D eigenvalue weighted by Crippen LogP contribution is 2.30. The van der Waals surface area contributed by atoms with Crippen LogP contribution < -0.4 is 0 Å². The van der Waals surface area contributed by atoms with Crippen molar-refractivity contribution in [3.8, 4) is 0 Å². The number of nitrogens with zero attached hydrogens (tertiary/aromatic N) is 6. The number of piperidine rings is 1. The van der Waals surface area contributed by atoms with E-state index < -0.39 is 0 Å². The van der Waals surface area contributed by atoms with Gasteiger partial charge in [-0.2, -0.15) is 10.2 Å². The molecule has 7 nitrogen and oxygen atoms in total. The minimum absolute atomic E-state index is 0.0522. The number of aromatic amines is 1. The van der Waals surface area contributed by atoms with E-state index in [1.807, 2.05) is 4.68 Å². The Kier molecular flexibility index (Phi) is 3.75. The molecule has 21 heavy (non-hydrogen) atoms. The SMILES string of the molecule is CC(C)(C)n1ncnc1CN1CCCCC1c1ncn[nH]1. The first kappa shape index (κ1) is 14.2. The maximum Gasteiger partial charge on any atom is 0.141 e. The molecule has 0 radical (unpaired) electrons. The Labute approximate surface area is 124 Å². The molecular weight excluding hydrogens is 266 g/mol. The predicted octanol–water partition coefficient (Wildman–Crippen LogP) is 1.88. The van der Waals surface area contributed by atoms with Crippen LogP contribution in [0.15, 0.2) is 12.7 Å². The van der Waals surface area contributed by atoms with Crippen LogP contribution in [0.4, 0.5) is 0 Å². The summed E-state index contributed by atoms with van der Waals surface area (Å²) in [5, 5.41) is 11.4. The Morgan fingerprint density at radius 1 is 1.24 bits per heavy atom. The number of aromatic nitrogens is 6. The van der Waals surface area contributed by atoms with Crippen molar-refractivity contribution >= 4 is 0 Å². The number of H-pyrrole nitrogens is 1. The fourth-order valence-corrected chi connectivity index (χ4v) is 2.98. The number of likely N-dealkylation sites (tertiary alicyclic amines) is 1. The third-order valence-electron chi connectivity index (χ3n) is 3.96. The molecule has 3 rings (SSSR count). The lowest BCUT2D eigenvalue weighted by molar-refractivity contribution is 0.125. The molecule has 1 saturated heterocycles. The lowest BCUT2D eigenvalue weighted by atomic mass is 10.0. The van der Waals surface area contributed by atoms with Gasteiger partial charge in [0.15, 0.2) is 0 Å². The second-order valence-corrected chi connectivity index (χ2v) is 6.61. The third kappa shape index (κ3) is 2.97. The zero-order valence-corrected chi connectivity index (χ0v) is 13.0. The van der Waals surface area contributed by atoms with Crippen molar-refractivity contribution in [3.63, 3.8) is 0 Å². The van der Waals surface area contributed by atoms with Crippen LogP contribution in [-0.2, 0) is 12.1 Å². The highest BCUT2D eigenvalue weighted by atomic mass is 15.4. The molecule has 1 aliphatic heterocycles. The van der Waals surface area contributed by atoms with Gasteiger partial charge in [-0.3, -0.25) is 10.00 Å². The molecular formula is C14H23N7. The predicted molar refractivity (Wildman–Crippen MR) is 78.4 cm³/mol. The number of rotatable bonds is 3. The van der Waals surface area contributed by atoms with E-state index in [-0.39, 0.29) is 5.54 Å². The Morgan fingerprint density at radius 2 is 2.10 bits per heavy atom. The molecule has 1 aliphatic rings. The molecule has 0 amide bonds. The molecule has 0 bridgehead atoms. The van der Waals surface area contributed by atoms with Gasteiger partial charge >= 0.3 is 0 Å². The van der Waals surface area contributed by atoms with E-state index in [1.165, 1.54) is 12.8 Å². The van der Waals surface area contributed by atoms with E-state index >= 15 is 0 Å². The third-order valence-corrected chi connectivity index (χ3v) is 3.96. The van der Waals surface area contributed by atoms with Crippen LogP contribution in [0.1, 0.15) is 57.7 Å². The summed E-state index contributed by atoms with van der Waals surface area (Å²) in [6.45, 7) is 8.30. The molecule has 1 unspecified atom stereocenters. The molecule has 0 aromatic carbocycles. The zero-order valence-electron chi connectivity index (χ0n) is 13.0. The van der Waals surface area contributed by atoms with Gasteiger partial charge in [-0.05, 0) is 40.2 Å². The topological polar surface area (TPSA) is 75.5 Å². The van der Waals surface area contributed by atoms with Gasteiger partial charge < -0.3 is 0 Å². The van der Waals surface area contributed by atoms with Crippen molar-refractivity contribution in [3.05, 3.63) is 24.3 Å². The average Bonchev–Trinajstić information content (AvgIpc) is 3.09. The summed E-state index contributed by atoms with van der Waals surface area (Å²) in [7, 11) is 0. The van der Waals surface area contributed by atoms with E-state index in [1.54, 1.807) is 12.7 Å². The average molecular weight is 289 g/mol. The molecule has 114 valence electrons. The lowest BCUT2D eigenvalue weighted by Gasteiger charge is -2.34. The summed E-state index contributed by atoms with van der Waals surface area (Å²) >= 11 is 0. The van der Waals surface area contributed by atoms with E-state index in [9.17, 15) is 0 Å². The Bertz CT molecular complexity index is 566. The van der Waals surface area contributed by atoms with Gasteiger partial charge in [-0.15, -0.1) is 0 Å². The van der Waals surface area contributed by atoms with Gasteiger partial charge in [0.25, 0.3) is 0 Å². The van der Waals surface area contributed by atoms with Crippen molar-refractivity contribution in [1.29, 1.82) is 0 Å². The smallest absolute Gasteiger partial charge is 0.141 e. The summed E-state index contributed by atoms with van der Waals surface area (Å²) in [5.74, 6) is 1.96. The second kappa shape index (κ2) is 5.55. The quantitative estimate of drug-likeness (QED) is 0.933. The van der Waals surface area contributed by atoms with E-state index in [0.717, 1.165) is 31.2 Å². The Balaban J connectivity index is 1.81. The lowest BCUT2D eigenvalue weighted by Crippen LogP contribution is -2.36. The number of hydrogen-bond acceptors (Lipinski definition) is 5. The maximum atomic E-state index is 4.46. The number of nitrogens with one attached hydrogen (secondary N) is 1. The monoisotopic (exact) mass is 289 g/mol. The van der Waals surface area contributed by atoms with Crippen LogP contribution in [0.25, 0.3) is 0 Å². The van der Waals surface area contributed by atoms with Crippen LogP contribution in [0.5, 0.6) is 0 Å². The van der Waals surface area contributed by atoms with Gasteiger partial charge in [-0.25, -0.2) is 14.6 Å². The second-order valence-electron chi connectivity index (χ2n) is 6.61. The minimum atomic E-state index is -0.0522. The van der Waals surface area contributed by atoms with Gasteiger partial charge in [0.2, 0.25) is 0 Å². The summed E-state index contributed by atoms with van der Waals surface area (Å²) in [6, 6.07) is 0.298. The Morgan fingerprint density at radius 3 is 2.81 bits per heavy atom. The first-order valence-corrected chi connectivity index (χ1v) is 7.54. The molecule has 1 N–H and O–H groups in total. The van der Waals surface area contributed by atoms with Gasteiger partial charge in [0.1, 0.15) is 24.3 Å². The normalized spacial score (nSPS) is 20.8. The van der Waals surface area contributed by atoms with Crippen molar-refractivity contribution in [1.82, 2.24) is 34.8 Å². The van der Waals surface area contributed by atoms with Crippen LogP contribution in [0.2, 0.25) is 0 Å². The maximum absolute atomic E-state index is 4.46. The molecule has 0 aliphatic carbocycles. The summed E-state index contributed by atoms with van der Waals surface area (Å²) < 4.78 is 2.01. The first-order valence-electron chi connectivity index (χ1n) is 7.54. The first-order chi connectivity index (χ1) is 10.1.